The fraction of sp³-hybridized carbons (Fsp3) is 0.727. The maximum atomic E-state index is 8.89. The van der Waals surface area contributed by atoms with Crippen molar-refractivity contribution >= 4 is 0 Å². The summed E-state index contributed by atoms with van der Waals surface area (Å²) in [5.74, 6) is 0. The number of hydrogen-bond acceptors (Lipinski definition) is 2. The first kappa shape index (κ1) is 11.2. The van der Waals surface area contributed by atoms with Gasteiger partial charge in [0.25, 0.3) is 0 Å². The van der Waals surface area contributed by atoms with E-state index in [2.05, 4.69) is 25.9 Å². The molecule has 3 nitrogen and oxygen atoms in total. The van der Waals surface area contributed by atoms with Crippen molar-refractivity contribution in [3.63, 3.8) is 0 Å². The molecule has 0 bridgehead atoms. The molecule has 0 fully saturated rings. The molecule has 0 amide bonds. The second-order valence-corrected chi connectivity index (χ2v) is 3.56. The van der Waals surface area contributed by atoms with Crippen LogP contribution in [-0.4, -0.2) is 21.5 Å². The highest BCUT2D eigenvalue weighted by Gasteiger charge is 2.11. The van der Waals surface area contributed by atoms with Crippen LogP contribution >= 0.6 is 0 Å². The van der Waals surface area contributed by atoms with Crippen molar-refractivity contribution in [2.75, 3.05) is 6.61 Å². The van der Waals surface area contributed by atoms with Crippen LogP contribution in [-0.2, 0) is 19.4 Å². The quantitative estimate of drug-likeness (QED) is 0.778. The fourth-order valence-corrected chi connectivity index (χ4v) is 1.82. The van der Waals surface area contributed by atoms with E-state index in [1.807, 2.05) is 4.68 Å². The van der Waals surface area contributed by atoms with Crippen molar-refractivity contribution in [3.8, 4) is 0 Å². The maximum absolute atomic E-state index is 8.89. The number of aliphatic hydroxyl groups excluding tert-OH is 1. The smallest absolute Gasteiger partial charge is 0.0656 e. The lowest BCUT2D eigenvalue weighted by molar-refractivity contribution is 0.267. The number of aliphatic hydroxyl groups is 1. The minimum atomic E-state index is 0.164. The highest BCUT2D eigenvalue weighted by atomic mass is 16.3. The van der Waals surface area contributed by atoms with Gasteiger partial charge in [0.2, 0.25) is 0 Å². The molecule has 1 aromatic heterocycles. The Balaban J connectivity index is 2.98. The minimum Gasteiger partial charge on any atom is -0.394 e. The number of nitrogens with zero attached hydrogens (tertiary/aromatic N) is 2. The molecule has 0 aliphatic rings. The molecule has 14 heavy (non-hydrogen) atoms. The van der Waals surface area contributed by atoms with E-state index >= 15 is 0 Å². The van der Waals surface area contributed by atoms with E-state index in [0.29, 0.717) is 6.54 Å². The monoisotopic (exact) mass is 196 g/mol. The van der Waals surface area contributed by atoms with Crippen LogP contribution in [0.4, 0.5) is 0 Å². The third kappa shape index (κ3) is 2.15. The van der Waals surface area contributed by atoms with Gasteiger partial charge in [-0.15, -0.1) is 0 Å². The van der Waals surface area contributed by atoms with Gasteiger partial charge in [0, 0.05) is 5.69 Å². The van der Waals surface area contributed by atoms with Gasteiger partial charge in [-0.2, -0.15) is 5.10 Å². The van der Waals surface area contributed by atoms with Gasteiger partial charge >= 0.3 is 0 Å². The zero-order valence-electron chi connectivity index (χ0n) is 9.38. The van der Waals surface area contributed by atoms with Crippen molar-refractivity contribution in [2.24, 2.45) is 0 Å². The fourth-order valence-electron chi connectivity index (χ4n) is 1.82. The first-order valence-electron chi connectivity index (χ1n) is 5.40. The van der Waals surface area contributed by atoms with Crippen LogP contribution in [0.15, 0.2) is 0 Å². The third-order valence-corrected chi connectivity index (χ3v) is 2.56. The van der Waals surface area contributed by atoms with E-state index in [4.69, 9.17) is 5.11 Å². The summed E-state index contributed by atoms with van der Waals surface area (Å²) in [6, 6.07) is 0. The van der Waals surface area contributed by atoms with Crippen LogP contribution in [0.5, 0.6) is 0 Å². The van der Waals surface area contributed by atoms with Crippen molar-refractivity contribution < 1.29 is 5.11 Å². The molecule has 1 aromatic rings. The van der Waals surface area contributed by atoms with Gasteiger partial charge < -0.3 is 5.11 Å². The van der Waals surface area contributed by atoms with E-state index in [9.17, 15) is 0 Å². The Morgan fingerprint density at radius 1 is 1.36 bits per heavy atom. The highest BCUT2D eigenvalue weighted by molar-refractivity contribution is 5.25. The van der Waals surface area contributed by atoms with E-state index < -0.39 is 0 Å². The number of hydrogen-bond donors (Lipinski definition) is 1. The van der Waals surface area contributed by atoms with Gasteiger partial charge in [-0.25, -0.2) is 0 Å². The summed E-state index contributed by atoms with van der Waals surface area (Å²) in [7, 11) is 0. The zero-order chi connectivity index (χ0) is 10.6. The van der Waals surface area contributed by atoms with Crippen molar-refractivity contribution in [1.82, 2.24) is 9.78 Å². The van der Waals surface area contributed by atoms with Crippen LogP contribution in [0, 0.1) is 6.92 Å². The SMILES string of the molecule is CCCc1c(CC)nn(CCO)c1C. The standard InChI is InChI=1S/C11H20N2O/c1-4-6-10-9(3)13(7-8-14)12-11(10)5-2/h14H,4-8H2,1-3H3. The summed E-state index contributed by atoms with van der Waals surface area (Å²) in [5.41, 5.74) is 3.79. The predicted octanol–water partition coefficient (Wildman–Crippen LogP) is 1.70. The summed E-state index contributed by atoms with van der Waals surface area (Å²) in [6.45, 7) is 7.18. The summed E-state index contributed by atoms with van der Waals surface area (Å²) >= 11 is 0. The lowest BCUT2D eigenvalue weighted by Crippen LogP contribution is -2.06. The summed E-state index contributed by atoms with van der Waals surface area (Å²) in [5, 5.41) is 13.4. The van der Waals surface area contributed by atoms with Crippen LogP contribution in [0.25, 0.3) is 0 Å². The van der Waals surface area contributed by atoms with Crippen molar-refractivity contribution in [3.05, 3.63) is 17.0 Å². The first-order chi connectivity index (χ1) is 6.74. The molecule has 0 radical (unpaired) electrons. The molecule has 1 heterocycles. The van der Waals surface area contributed by atoms with Gasteiger partial charge in [-0.3, -0.25) is 4.68 Å². The molecule has 0 aromatic carbocycles. The lowest BCUT2D eigenvalue weighted by atomic mass is 10.1. The first-order valence-corrected chi connectivity index (χ1v) is 5.40. The molecule has 80 valence electrons. The second kappa shape index (κ2) is 5.15. The Kier molecular flexibility index (Phi) is 4.14. The van der Waals surface area contributed by atoms with Gasteiger partial charge in [0.1, 0.15) is 0 Å². The lowest BCUT2D eigenvalue weighted by Gasteiger charge is -2.02. The highest BCUT2D eigenvalue weighted by Crippen LogP contribution is 2.16. The molecule has 0 atom stereocenters. The van der Waals surface area contributed by atoms with Crippen LogP contribution < -0.4 is 0 Å². The summed E-state index contributed by atoms with van der Waals surface area (Å²) in [6.07, 6.45) is 3.23. The predicted molar refractivity (Wildman–Crippen MR) is 57.4 cm³/mol. The molecular weight excluding hydrogens is 176 g/mol. The molecule has 1 N–H and O–H groups in total. The number of aryl methyl sites for hydroxylation is 1. The average Bonchev–Trinajstić information content (AvgIpc) is 2.47. The van der Waals surface area contributed by atoms with Gasteiger partial charge in [0.15, 0.2) is 0 Å². The minimum absolute atomic E-state index is 0.164. The molecule has 0 saturated carbocycles. The normalized spacial score (nSPS) is 10.9. The van der Waals surface area contributed by atoms with Crippen LogP contribution in [0.3, 0.4) is 0 Å². The van der Waals surface area contributed by atoms with Gasteiger partial charge in [-0.1, -0.05) is 20.3 Å². The van der Waals surface area contributed by atoms with Gasteiger partial charge in [-0.05, 0) is 25.3 Å². The maximum Gasteiger partial charge on any atom is 0.0656 e. The Bertz CT molecular complexity index is 292. The zero-order valence-corrected chi connectivity index (χ0v) is 9.38. The Hall–Kier alpha value is -0.830. The summed E-state index contributed by atoms with van der Waals surface area (Å²) in [4.78, 5) is 0. The second-order valence-electron chi connectivity index (χ2n) is 3.56. The molecule has 1 rings (SSSR count). The molecule has 0 spiro atoms. The molecule has 0 saturated heterocycles. The molecule has 0 aliphatic carbocycles. The Morgan fingerprint density at radius 2 is 2.07 bits per heavy atom. The number of rotatable bonds is 5. The Labute approximate surface area is 85.8 Å². The van der Waals surface area contributed by atoms with E-state index in [-0.39, 0.29) is 6.61 Å². The van der Waals surface area contributed by atoms with Crippen molar-refractivity contribution in [1.29, 1.82) is 0 Å². The largest absolute Gasteiger partial charge is 0.394 e. The number of aromatic nitrogens is 2. The average molecular weight is 196 g/mol. The van der Waals surface area contributed by atoms with Crippen LogP contribution in [0.2, 0.25) is 0 Å². The molecule has 3 heteroatoms. The molecule has 0 aliphatic heterocycles. The third-order valence-electron chi connectivity index (χ3n) is 2.56. The molecule has 0 unspecified atom stereocenters. The summed E-state index contributed by atoms with van der Waals surface area (Å²) < 4.78 is 1.92. The topological polar surface area (TPSA) is 38.0 Å². The van der Waals surface area contributed by atoms with Gasteiger partial charge in [0.05, 0.1) is 18.8 Å². The van der Waals surface area contributed by atoms with Crippen molar-refractivity contribution in [2.45, 2.75) is 46.6 Å². The Morgan fingerprint density at radius 3 is 2.57 bits per heavy atom. The van der Waals surface area contributed by atoms with E-state index in [0.717, 1.165) is 19.3 Å². The van der Waals surface area contributed by atoms with E-state index in [1.165, 1.54) is 17.0 Å². The van der Waals surface area contributed by atoms with Crippen LogP contribution in [0.1, 0.15) is 37.2 Å². The van der Waals surface area contributed by atoms with E-state index in [1.54, 1.807) is 0 Å². The molecular formula is C11H20N2O.